The van der Waals surface area contributed by atoms with E-state index in [-0.39, 0.29) is 11.9 Å². The topological polar surface area (TPSA) is 32.3 Å². The predicted molar refractivity (Wildman–Crippen MR) is 55.7 cm³/mol. The molecule has 0 aliphatic rings. The van der Waals surface area contributed by atoms with E-state index in [1.54, 1.807) is 4.90 Å². The van der Waals surface area contributed by atoms with Crippen LogP contribution >= 0.6 is 0 Å². The summed E-state index contributed by atoms with van der Waals surface area (Å²) in [4.78, 5) is 13.3. The highest BCUT2D eigenvalue weighted by Gasteiger charge is 2.14. The van der Waals surface area contributed by atoms with E-state index in [0.717, 1.165) is 13.0 Å². The highest BCUT2D eigenvalue weighted by molar-refractivity contribution is 5.81. The van der Waals surface area contributed by atoms with Crippen molar-refractivity contribution in [3.8, 4) is 0 Å². The monoisotopic (exact) mass is 186 g/mol. The van der Waals surface area contributed by atoms with Crippen LogP contribution < -0.4 is 5.32 Å². The van der Waals surface area contributed by atoms with Crippen LogP contribution in [0.2, 0.25) is 0 Å². The van der Waals surface area contributed by atoms with Gasteiger partial charge in [0.25, 0.3) is 0 Å². The molecular formula is C10H22N2O. The molecule has 3 nitrogen and oxygen atoms in total. The number of rotatable bonds is 6. The van der Waals surface area contributed by atoms with Gasteiger partial charge >= 0.3 is 0 Å². The van der Waals surface area contributed by atoms with Crippen molar-refractivity contribution in [1.82, 2.24) is 10.2 Å². The van der Waals surface area contributed by atoms with Gasteiger partial charge in [0.05, 0.1) is 6.04 Å². The maximum atomic E-state index is 11.5. The summed E-state index contributed by atoms with van der Waals surface area (Å²) in [6.07, 6.45) is 3.50. The second kappa shape index (κ2) is 6.89. The molecule has 0 aliphatic heterocycles. The lowest BCUT2D eigenvalue weighted by Crippen LogP contribution is -2.41. The van der Waals surface area contributed by atoms with E-state index in [1.807, 2.05) is 21.0 Å². The fourth-order valence-electron chi connectivity index (χ4n) is 1.16. The summed E-state index contributed by atoms with van der Waals surface area (Å²) in [7, 11) is 3.67. The second-order valence-corrected chi connectivity index (χ2v) is 3.48. The van der Waals surface area contributed by atoms with Crippen LogP contribution in [0.15, 0.2) is 0 Å². The van der Waals surface area contributed by atoms with Crippen LogP contribution in [0.25, 0.3) is 0 Å². The highest BCUT2D eigenvalue weighted by atomic mass is 16.2. The number of hydrogen-bond donors (Lipinski definition) is 1. The predicted octanol–water partition coefficient (Wildman–Crippen LogP) is 1.24. The van der Waals surface area contributed by atoms with Gasteiger partial charge in [0.15, 0.2) is 0 Å². The van der Waals surface area contributed by atoms with E-state index in [9.17, 15) is 4.79 Å². The van der Waals surface area contributed by atoms with Gasteiger partial charge in [0.1, 0.15) is 0 Å². The molecule has 3 heteroatoms. The van der Waals surface area contributed by atoms with Gasteiger partial charge in [-0.1, -0.05) is 19.8 Å². The standard InChI is InChI=1S/C10H22N2O/c1-5-6-7-8-12(4)10(13)9(2)11-3/h9,11H,5-8H2,1-4H3. The summed E-state index contributed by atoms with van der Waals surface area (Å²) >= 11 is 0. The average Bonchev–Trinajstić information content (AvgIpc) is 2.15. The molecule has 1 atom stereocenters. The van der Waals surface area contributed by atoms with Crippen molar-refractivity contribution >= 4 is 5.91 Å². The van der Waals surface area contributed by atoms with Crippen molar-refractivity contribution in [2.75, 3.05) is 20.6 Å². The van der Waals surface area contributed by atoms with E-state index in [0.29, 0.717) is 0 Å². The Morgan fingerprint density at radius 2 is 2.08 bits per heavy atom. The van der Waals surface area contributed by atoms with Gasteiger partial charge in [-0.05, 0) is 20.4 Å². The van der Waals surface area contributed by atoms with E-state index < -0.39 is 0 Å². The third-order valence-corrected chi connectivity index (χ3v) is 2.28. The second-order valence-electron chi connectivity index (χ2n) is 3.48. The molecule has 13 heavy (non-hydrogen) atoms. The molecule has 0 heterocycles. The minimum Gasteiger partial charge on any atom is -0.344 e. The number of nitrogens with one attached hydrogen (secondary N) is 1. The Morgan fingerprint density at radius 1 is 1.46 bits per heavy atom. The summed E-state index contributed by atoms with van der Waals surface area (Å²) < 4.78 is 0. The first kappa shape index (κ1) is 12.4. The van der Waals surface area contributed by atoms with Gasteiger partial charge < -0.3 is 10.2 Å². The first-order chi connectivity index (χ1) is 6.13. The minimum atomic E-state index is -0.0633. The Morgan fingerprint density at radius 3 is 2.54 bits per heavy atom. The van der Waals surface area contributed by atoms with E-state index in [4.69, 9.17) is 0 Å². The number of likely N-dealkylation sites (N-methyl/N-ethyl adjacent to an activating group) is 2. The zero-order chi connectivity index (χ0) is 10.3. The summed E-state index contributed by atoms with van der Waals surface area (Å²) in [5.41, 5.74) is 0. The number of amides is 1. The van der Waals surface area contributed by atoms with E-state index in [2.05, 4.69) is 12.2 Å². The lowest BCUT2D eigenvalue weighted by Gasteiger charge is -2.20. The van der Waals surface area contributed by atoms with Crippen molar-refractivity contribution in [3.63, 3.8) is 0 Å². The molecular weight excluding hydrogens is 164 g/mol. The van der Waals surface area contributed by atoms with Crippen molar-refractivity contribution < 1.29 is 4.79 Å². The molecule has 0 aromatic rings. The van der Waals surface area contributed by atoms with Gasteiger partial charge in [-0.25, -0.2) is 0 Å². The van der Waals surface area contributed by atoms with Crippen molar-refractivity contribution in [1.29, 1.82) is 0 Å². The minimum absolute atomic E-state index is 0.0633. The van der Waals surface area contributed by atoms with Gasteiger partial charge in [0, 0.05) is 13.6 Å². The Kier molecular flexibility index (Phi) is 6.59. The normalized spacial score (nSPS) is 12.6. The third kappa shape index (κ3) is 4.88. The maximum Gasteiger partial charge on any atom is 0.239 e. The van der Waals surface area contributed by atoms with Crippen LogP contribution in [0.3, 0.4) is 0 Å². The Balaban J connectivity index is 3.69. The average molecular weight is 186 g/mol. The van der Waals surface area contributed by atoms with Crippen molar-refractivity contribution in [3.05, 3.63) is 0 Å². The Hall–Kier alpha value is -0.570. The molecule has 1 N–H and O–H groups in total. The molecule has 0 aromatic heterocycles. The van der Waals surface area contributed by atoms with Crippen molar-refractivity contribution in [2.24, 2.45) is 0 Å². The quantitative estimate of drug-likeness (QED) is 0.633. The third-order valence-electron chi connectivity index (χ3n) is 2.28. The molecule has 0 aromatic carbocycles. The first-order valence-electron chi connectivity index (χ1n) is 5.05. The number of hydrogen-bond acceptors (Lipinski definition) is 2. The molecule has 0 rings (SSSR count). The molecule has 78 valence electrons. The number of unbranched alkanes of at least 4 members (excludes halogenated alkanes) is 2. The maximum absolute atomic E-state index is 11.5. The SMILES string of the molecule is CCCCCN(C)C(=O)C(C)NC. The van der Waals surface area contributed by atoms with Crippen LogP contribution in [0, 0.1) is 0 Å². The number of nitrogens with zero attached hydrogens (tertiary/aromatic N) is 1. The summed E-state index contributed by atoms with van der Waals surface area (Å²) in [6, 6.07) is -0.0633. The number of carbonyl (C=O) groups excluding carboxylic acids is 1. The van der Waals surface area contributed by atoms with Crippen LogP contribution in [-0.4, -0.2) is 37.5 Å². The summed E-state index contributed by atoms with van der Waals surface area (Å²) in [5.74, 6) is 0.179. The van der Waals surface area contributed by atoms with Crippen LogP contribution in [0.1, 0.15) is 33.1 Å². The van der Waals surface area contributed by atoms with E-state index in [1.165, 1.54) is 12.8 Å². The fraction of sp³-hybridized carbons (Fsp3) is 0.900. The van der Waals surface area contributed by atoms with Crippen LogP contribution in [-0.2, 0) is 4.79 Å². The van der Waals surface area contributed by atoms with Crippen molar-refractivity contribution in [2.45, 2.75) is 39.2 Å². The molecule has 0 aliphatic carbocycles. The molecule has 0 radical (unpaired) electrons. The van der Waals surface area contributed by atoms with Gasteiger partial charge in [0.2, 0.25) is 5.91 Å². The highest BCUT2D eigenvalue weighted by Crippen LogP contribution is 1.98. The first-order valence-corrected chi connectivity index (χ1v) is 5.05. The smallest absolute Gasteiger partial charge is 0.239 e. The van der Waals surface area contributed by atoms with Gasteiger partial charge in [-0.15, -0.1) is 0 Å². The molecule has 0 bridgehead atoms. The zero-order valence-corrected chi connectivity index (χ0v) is 9.26. The summed E-state index contributed by atoms with van der Waals surface area (Å²) in [5, 5.41) is 2.94. The molecule has 0 fully saturated rings. The van der Waals surface area contributed by atoms with E-state index >= 15 is 0 Å². The Labute approximate surface area is 81.5 Å². The lowest BCUT2D eigenvalue weighted by atomic mass is 10.2. The van der Waals surface area contributed by atoms with Crippen LogP contribution in [0.4, 0.5) is 0 Å². The Bertz CT molecular complexity index is 148. The largest absolute Gasteiger partial charge is 0.344 e. The molecule has 0 saturated heterocycles. The van der Waals surface area contributed by atoms with Gasteiger partial charge in [-0.3, -0.25) is 4.79 Å². The zero-order valence-electron chi connectivity index (χ0n) is 9.26. The van der Waals surface area contributed by atoms with Gasteiger partial charge in [-0.2, -0.15) is 0 Å². The molecule has 1 unspecified atom stereocenters. The number of carbonyl (C=O) groups is 1. The summed E-state index contributed by atoms with van der Waals surface area (Å²) in [6.45, 7) is 4.93. The molecule has 0 spiro atoms. The van der Waals surface area contributed by atoms with Crippen LogP contribution in [0.5, 0.6) is 0 Å². The molecule has 0 saturated carbocycles. The lowest BCUT2D eigenvalue weighted by molar-refractivity contribution is -0.131. The fourth-order valence-corrected chi connectivity index (χ4v) is 1.16. The molecule has 1 amide bonds.